The number of thiazole rings is 1. The van der Waals surface area contributed by atoms with E-state index in [2.05, 4.69) is 15.6 Å². The lowest BCUT2D eigenvalue weighted by atomic mass is 10.1. The van der Waals surface area contributed by atoms with Crippen LogP contribution in [0.5, 0.6) is 0 Å². The van der Waals surface area contributed by atoms with Crippen molar-refractivity contribution in [1.29, 1.82) is 0 Å². The molecule has 30 heavy (non-hydrogen) atoms. The van der Waals surface area contributed by atoms with Crippen molar-refractivity contribution in [2.24, 2.45) is 0 Å². The molecule has 0 saturated heterocycles. The van der Waals surface area contributed by atoms with Crippen LogP contribution in [0.25, 0.3) is 21.0 Å². The third kappa shape index (κ3) is 4.58. The van der Waals surface area contributed by atoms with E-state index in [0.29, 0.717) is 17.1 Å². The van der Waals surface area contributed by atoms with Crippen LogP contribution >= 0.6 is 11.3 Å². The Morgan fingerprint density at radius 2 is 1.77 bits per heavy atom. The summed E-state index contributed by atoms with van der Waals surface area (Å²) < 4.78 is 6.91. The zero-order valence-corrected chi connectivity index (χ0v) is 17.5. The van der Waals surface area contributed by atoms with E-state index >= 15 is 0 Å². The standard InChI is InChI=1S/C23H21N3O3S/c1-14-9-15(2)11-16(10-14)22(28)25-13-21(27)24-12-17-7-8-19(29-17)23-26-18-5-3-4-6-20(18)30-23/h3-11H,12-13H2,1-2H3,(H,24,27)(H,25,28). The molecule has 2 aromatic heterocycles. The quantitative estimate of drug-likeness (QED) is 0.490. The average Bonchev–Trinajstić information content (AvgIpc) is 3.36. The van der Waals surface area contributed by atoms with E-state index in [1.165, 1.54) is 0 Å². The summed E-state index contributed by atoms with van der Waals surface area (Å²) in [7, 11) is 0. The molecule has 4 rings (SSSR count). The zero-order chi connectivity index (χ0) is 21.1. The topological polar surface area (TPSA) is 84.2 Å². The van der Waals surface area contributed by atoms with Gasteiger partial charge in [-0.15, -0.1) is 11.3 Å². The Hall–Kier alpha value is -3.45. The Morgan fingerprint density at radius 3 is 2.53 bits per heavy atom. The molecule has 2 N–H and O–H groups in total. The molecular weight excluding hydrogens is 398 g/mol. The molecule has 7 heteroatoms. The number of nitrogens with zero attached hydrogens (tertiary/aromatic N) is 1. The summed E-state index contributed by atoms with van der Waals surface area (Å²) in [4.78, 5) is 28.9. The van der Waals surface area contributed by atoms with Crippen LogP contribution in [-0.2, 0) is 11.3 Å². The molecule has 0 aliphatic carbocycles. The minimum absolute atomic E-state index is 0.0999. The van der Waals surface area contributed by atoms with Gasteiger partial charge in [0.15, 0.2) is 10.8 Å². The lowest BCUT2D eigenvalue weighted by molar-refractivity contribution is -0.120. The second-order valence-corrected chi connectivity index (χ2v) is 8.12. The number of nitrogens with one attached hydrogen (secondary N) is 2. The summed E-state index contributed by atoms with van der Waals surface area (Å²) in [5.74, 6) is 0.737. The molecule has 2 aromatic carbocycles. The van der Waals surface area contributed by atoms with Crippen molar-refractivity contribution in [2.45, 2.75) is 20.4 Å². The highest BCUT2D eigenvalue weighted by atomic mass is 32.1. The van der Waals surface area contributed by atoms with Crippen LogP contribution in [0.2, 0.25) is 0 Å². The van der Waals surface area contributed by atoms with Crippen LogP contribution < -0.4 is 10.6 Å². The largest absolute Gasteiger partial charge is 0.457 e. The summed E-state index contributed by atoms with van der Waals surface area (Å²) in [6, 6.07) is 17.2. The summed E-state index contributed by atoms with van der Waals surface area (Å²) in [6.07, 6.45) is 0. The van der Waals surface area contributed by atoms with Crippen molar-refractivity contribution >= 4 is 33.4 Å². The predicted molar refractivity (Wildman–Crippen MR) is 117 cm³/mol. The van der Waals surface area contributed by atoms with Crippen LogP contribution in [-0.4, -0.2) is 23.3 Å². The predicted octanol–water partition coefficient (Wildman–Crippen LogP) is 4.22. The Labute approximate surface area is 177 Å². The van der Waals surface area contributed by atoms with Gasteiger partial charge < -0.3 is 15.1 Å². The second-order valence-electron chi connectivity index (χ2n) is 7.09. The Bertz CT molecular complexity index is 1170. The van der Waals surface area contributed by atoms with Crippen molar-refractivity contribution in [1.82, 2.24) is 15.6 Å². The van der Waals surface area contributed by atoms with Crippen molar-refractivity contribution in [3.05, 3.63) is 77.0 Å². The number of fused-ring (bicyclic) bond motifs is 1. The molecule has 0 spiro atoms. The van der Waals surface area contributed by atoms with Gasteiger partial charge in [-0.1, -0.05) is 29.3 Å². The van der Waals surface area contributed by atoms with Crippen LogP contribution in [0, 0.1) is 13.8 Å². The van der Waals surface area contributed by atoms with Gasteiger partial charge >= 0.3 is 0 Å². The number of furan rings is 1. The van der Waals surface area contributed by atoms with E-state index in [-0.39, 0.29) is 24.9 Å². The van der Waals surface area contributed by atoms with E-state index < -0.39 is 0 Å². The van der Waals surface area contributed by atoms with E-state index in [0.717, 1.165) is 26.4 Å². The lowest BCUT2D eigenvalue weighted by Crippen LogP contribution is -2.36. The molecule has 0 fully saturated rings. The molecule has 0 unspecified atom stereocenters. The normalized spacial score (nSPS) is 10.9. The highest BCUT2D eigenvalue weighted by molar-refractivity contribution is 7.21. The summed E-state index contributed by atoms with van der Waals surface area (Å²) in [5, 5.41) is 6.20. The van der Waals surface area contributed by atoms with Gasteiger partial charge in [0.2, 0.25) is 5.91 Å². The number of rotatable bonds is 6. The van der Waals surface area contributed by atoms with Gasteiger partial charge in [-0.25, -0.2) is 4.98 Å². The zero-order valence-electron chi connectivity index (χ0n) is 16.7. The number of amides is 2. The average molecular weight is 420 g/mol. The number of benzene rings is 2. The highest BCUT2D eigenvalue weighted by Gasteiger charge is 2.12. The number of hydrogen-bond donors (Lipinski definition) is 2. The van der Waals surface area contributed by atoms with Gasteiger partial charge in [0.1, 0.15) is 5.76 Å². The number of aromatic nitrogens is 1. The molecule has 2 heterocycles. The van der Waals surface area contributed by atoms with Crippen molar-refractivity contribution in [3.63, 3.8) is 0 Å². The Morgan fingerprint density at radius 1 is 1.00 bits per heavy atom. The minimum Gasteiger partial charge on any atom is -0.457 e. The Balaban J connectivity index is 1.30. The van der Waals surface area contributed by atoms with E-state index in [9.17, 15) is 9.59 Å². The number of hydrogen-bond acceptors (Lipinski definition) is 5. The number of aryl methyl sites for hydroxylation is 2. The molecule has 0 atom stereocenters. The third-order valence-corrected chi connectivity index (χ3v) is 5.57. The fourth-order valence-electron chi connectivity index (χ4n) is 3.18. The molecule has 0 radical (unpaired) electrons. The number of carbonyl (C=O) groups excluding carboxylic acids is 2. The first-order chi connectivity index (χ1) is 14.5. The fraction of sp³-hybridized carbons (Fsp3) is 0.174. The van der Waals surface area contributed by atoms with Crippen molar-refractivity contribution < 1.29 is 14.0 Å². The molecular formula is C23H21N3O3S. The highest BCUT2D eigenvalue weighted by Crippen LogP contribution is 2.31. The molecule has 0 aliphatic rings. The first-order valence-electron chi connectivity index (χ1n) is 9.56. The molecule has 6 nitrogen and oxygen atoms in total. The van der Waals surface area contributed by atoms with Crippen LogP contribution in [0.15, 0.2) is 59.0 Å². The maximum atomic E-state index is 12.2. The SMILES string of the molecule is Cc1cc(C)cc(C(=O)NCC(=O)NCc2ccc(-c3nc4ccccc4s3)o2)c1. The maximum absolute atomic E-state index is 12.2. The smallest absolute Gasteiger partial charge is 0.251 e. The van der Waals surface area contributed by atoms with Crippen molar-refractivity contribution in [3.8, 4) is 10.8 Å². The molecule has 152 valence electrons. The molecule has 4 aromatic rings. The van der Waals surface area contributed by atoms with Crippen LogP contribution in [0.3, 0.4) is 0 Å². The molecule has 0 bridgehead atoms. The van der Waals surface area contributed by atoms with Crippen LogP contribution in [0.4, 0.5) is 0 Å². The first kappa shape index (κ1) is 19.8. The van der Waals surface area contributed by atoms with Gasteiger partial charge in [0.25, 0.3) is 5.91 Å². The number of para-hydroxylation sites is 1. The van der Waals surface area contributed by atoms with Gasteiger partial charge in [0.05, 0.1) is 23.3 Å². The summed E-state index contributed by atoms with van der Waals surface area (Å²) in [6.45, 7) is 4.01. The van der Waals surface area contributed by atoms with E-state index in [1.54, 1.807) is 23.5 Å². The Kier molecular flexibility index (Phi) is 5.63. The summed E-state index contributed by atoms with van der Waals surface area (Å²) >= 11 is 1.56. The monoisotopic (exact) mass is 419 g/mol. The molecule has 0 aliphatic heterocycles. The van der Waals surface area contributed by atoms with Gasteiger partial charge in [0, 0.05) is 5.56 Å². The van der Waals surface area contributed by atoms with Gasteiger partial charge in [-0.05, 0) is 50.2 Å². The first-order valence-corrected chi connectivity index (χ1v) is 10.4. The fourth-order valence-corrected chi connectivity index (χ4v) is 4.11. The number of carbonyl (C=O) groups is 2. The van der Waals surface area contributed by atoms with E-state index in [4.69, 9.17) is 4.42 Å². The minimum atomic E-state index is -0.286. The second kappa shape index (κ2) is 8.51. The lowest BCUT2D eigenvalue weighted by Gasteiger charge is -2.07. The maximum Gasteiger partial charge on any atom is 0.251 e. The molecule has 0 saturated carbocycles. The van der Waals surface area contributed by atoms with Crippen molar-refractivity contribution in [2.75, 3.05) is 6.54 Å². The summed E-state index contributed by atoms with van der Waals surface area (Å²) in [5.41, 5.74) is 3.49. The third-order valence-electron chi connectivity index (χ3n) is 4.52. The van der Waals surface area contributed by atoms with Gasteiger partial charge in [-0.2, -0.15) is 0 Å². The van der Waals surface area contributed by atoms with Crippen LogP contribution in [0.1, 0.15) is 27.2 Å². The molecule has 2 amide bonds. The van der Waals surface area contributed by atoms with Gasteiger partial charge in [-0.3, -0.25) is 9.59 Å². The van der Waals surface area contributed by atoms with E-state index in [1.807, 2.05) is 56.3 Å².